The molecular weight excluding hydrogens is 356 g/mol. The molecule has 0 amide bonds. The molecule has 0 bridgehead atoms. The fraction of sp³-hybridized carbons (Fsp3) is 0.316. The molecule has 0 saturated carbocycles. The first kappa shape index (κ1) is 16.8. The number of aromatic nitrogens is 6. The van der Waals surface area contributed by atoms with Crippen LogP contribution >= 0.6 is 0 Å². The minimum absolute atomic E-state index is 0.128. The molecule has 1 fully saturated rings. The van der Waals surface area contributed by atoms with Crippen molar-refractivity contribution in [2.75, 3.05) is 31.1 Å². The molecule has 5 rings (SSSR count). The molecule has 9 heteroatoms. The Bertz CT molecular complexity index is 1250. The molecule has 0 aromatic carbocycles. The van der Waals surface area contributed by atoms with Crippen LogP contribution in [0.3, 0.4) is 0 Å². The second kappa shape index (κ2) is 6.38. The number of fused-ring (bicyclic) bond motifs is 2. The van der Waals surface area contributed by atoms with Crippen LogP contribution in [-0.4, -0.2) is 55.4 Å². The van der Waals surface area contributed by atoms with Crippen LogP contribution in [0.5, 0.6) is 0 Å². The van der Waals surface area contributed by atoms with Crippen molar-refractivity contribution in [3.05, 3.63) is 52.2 Å². The largest absolute Gasteiger partial charge is 0.368 e. The molecule has 0 aliphatic carbocycles. The lowest BCUT2D eigenvalue weighted by molar-refractivity contribution is 0.588. The molecule has 0 spiro atoms. The van der Waals surface area contributed by atoms with Gasteiger partial charge in [0.15, 0.2) is 5.65 Å². The van der Waals surface area contributed by atoms with Gasteiger partial charge in [0.2, 0.25) is 0 Å². The van der Waals surface area contributed by atoms with Crippen molar-refractivity contribution in [3.63, 3.8) is 0 Å². The summed E-state index contributed by atoms with van der Waals surface area (Å²) in [5.74, 6) is 0.646. The van der Waals surface area contributed by atoms with E-state index in [0.29, 0.717) is 28.5 Å². The van der Waals surface area contributed by atoms with E-state index in [-0.39, 0.29) is 5.56 Å². The standard InChI is InChI=1S/C19H20N8O/c1-12-9-14(25-7-5-20-6-8-25)11-26-18(28)10-16(22-19(12)26)15-3-4-17-21-13(2)23-27(17)24-15/h3-4,9-11,20H,5-8H2,1-2H3. The van der Waals surface area contributed by atoms with Gasteiger partial charge in [-0.15, -0.1) is 14.8 Å². The first-order chi connectivity index (χ1) is 13.6. The Hall–Kier alpha value is -3.33. The van der Waals surface area contributed by atoms with Crippen LogP contribution in [0, 0.1) is 13.8 Å². The lowest BCUT2D eigenvalue weighted by Crippen LogP contribution is -2.43. The molecule has 4 aromatic rings. The lowest BCUT2D eigenvalue weighted by atomic mass is 10.2. The molecule has 1 aliphatic rings. The van der Waals surface area contributed by atoms with Gasteiger partial charge in [-0.1, -0.05) is 0 Å². The van der Waals surface area contributed by atoms with Crippen molar-refractivity contribution < 1.29 is 0 Å². The number of hydrogen-bond acceptors (Lipinski definition) is 7. The van der Waals surface area contributed by atoms with Crippen molar-refractivity contribution in [1.82, 2.24) is 34.5 Å². The minimum Gasteiger partial charge on any atom is -0.368 e. The number of piperazine rings is 1. The Morgan fingerprint density at radius 3 is 2.64 bits per heavy atom. The van der Waals surface area contributed by atoms with E-state index in [0.717, 1.165) is 37.4 Å². The smallest absolute Gasteiger partial charge is 0.258 e. The van der Waals surface area contributed by atoms with Gasteiger partial charge in [0.25, 0.3) is 5.56 Å². The SMILES string of the molecule is Cc1nc2ccc(-c3cc(=O)n4cc(N5CCNCC5)cc(C)c4n3)nn2n1. The van der Waals surface area contributed by atoms with Crippen molar-refractivity contribution in [1.29, 1.82) is 0 Å². The number of rotatable bonds is 2. The topological polar surface area (TPSA) is 92.7 Å². The summed E-state index contributed by atoms with van der Waals surface area (Å²) in [5, 5.41) is 12.0. The predicted octanol–water partition coefficient (Wildman–Crippen LogP) is 0.826. The minimum atomic E-state index is -0.128. The summed E-state index contributed by atoms with van der Waals surface area (Å²) in [4.78, 5) is 24.1. The van der Waals surface area contributed by atoms with Gasteiger partial charge in [0, 0.05) is 38.4 Å². The first-order valence-corrected chi connectivity index (χ1v) is 9.29. The first-order valence-electron chi connectivity index (χ1n) is 9.29. The summed E-state index contributed by atoms with van der Waals surface area (Å²) in [7, 11) is 0. The summed E-state index contributed by atoms with van der Waals surface area (Å²) in [6, 6.07) is 7.25. The van der Waals surface area contributed by atoms with E-state index >= 15 is 0 Å². The molecule has 1 aliphatic heterocycles. The highest BCUT2D eigenvalue weighted by molar-refractivity contribution is 5.63. The quantitative estimate of drug-likeness (QED) is 0.554. The Morgan fingerprint density at radius 2 is 1.82 bits per heavy atom. The normalized spacial score (nSPS) is 14.9. The summed E-state index contributed by atoms with van der Waals surface area (Å²) in [6.07, 6.45) is 1.88. The monoisotopic (exact) mass is 376 g/mol. The van der Waals surface area contributed by atoms with Gasteiger partial charge in [0.1, 0.15) is 17.2 Å². The number of hydrogen-bond donors (Lipinski definition) is 1. The van der Waals surface area contributed by atoms with Crippen LogP contribution in [0.1, 0.15) is 11.4 Å². The number of nitrogens with one attached hydrogen (secondary N) is 1. The zero-order chi connectivity index (χ0) is 19.3. The van der Waals surface area contributed by atoms with Gasteiger partial charge in [-0.3, -0.25) is 9.20 Å². The Kier molecular flexibility index (Phi) is 3.83. The third-order valence-corrected chi connectivity index (χ3v) is 4.99. The van der Waals surface area contributed by atoms with Crippen molar-refractivity contribution in [3.8, 4) is 11.4 Å². The van der Waals surface area contributed by atoms with E-state index in [2.05, 4.69) is 31.5 Å². The van der Waals surface area contributed by atoms with Crippen LogP contribution in [0.4, 0.5) is 5.69 Å². The summed E-state index contributed by atoms with van der Waals surface area (Å²) in [6.45, 7) is 7.53. The molecule has 0 atom stereocenters. The zero-order valence-electron chi connectivity index (χ0n) is 15.8. The van der Waals surface area contributed by atoms with Gasteiger partial charge in [0.05, 0.1) is 11.4 Å². The van der Waals surface area contributed by atoms with Crippen molar-refractivity contribution in [2.45, 2.75) is 13.8 Å². The molecule has 0 radical (unpaired) electrons. The maximum atomic E-state index is 12.9. The molecule has 142 valence electrons. The average Bonchev–Trinajstić information content (AvgIpc) is 3.08. The highest BCUT2D eigenvalue weighted by atomic mass is 16.1. The molecule has 1 saturated heterocycles. The summed E-state index contributed by atoms with van der Waals surface area (Å²) in [5.41, 5.74) is 4.28. The molecular formula is C19H20N8O. The van der Waals surface area contributed by atoms with Gasteiger partial charge in [-0.05, 0) is 37.6 Å². The number of aryl methyl sites for hydroxylation is 2. The van der Waals surface area contributed by atoms with Crippen LogP contribution in [0.2, 0.25) is 0 Å². The van der Waals surface area contributed by atoms with Gasteiger partial charge < -0.3 is 10.2 Å². The third kappa shape index (κ3) is 2.80. The molecule has 9 nitrogen and oxygen atoms in total. The molecule has 5 heterocycles. The average molecular weight is 376 g/mol. The Balaban J connectivity index is 1.63. The maximum Gasteiger partial charge on any atom is 0.258 e. The maximum absolute atomic E-state index is 12.9. The summed E-state index contributed by atoms with van der Waals surface area (Å²) < 4.78 is 3.09. The van der Waals surface area contributed by atoms with Crippen LogP contribution < -0.4 is 15.8 Å². The highest BCUT2D eigenvalue weighted by Gasteiger charge is 2.15. The van der Waals surface area contributed by atoms with E-state index < -0.39 is 0 Å². The molecule has 4 aromatic heterocycles. The van der Waals surface area contributed by atoms with E-state index in [1.54, 1.807) is 4.40 Å². The predicted molar refractivity (Wildman–Crippen MR) is 106 cm³/mol. The van der Waals surface area contributed by atoms with Crippen LogP contribution in [0.25, 0.3) is 22.7 Å². The molecule has 0 unspecified atom stereocenters. The number of pyridine rings is 1. The Morgan fingerprint density at radius 1 is 1.00 bits per heavy atom. The second-order valence-corrected chi connectivity index (χ2v) is 7.02. The van der Waals surface area contributed by atoms with Crippen LogP contribution in [0.15, 0.2) is 35.3 Å². The fourth-order valence-electron chi connectivity index (χ4n) is 3.60. The van der Waals surface area contributed by atoms with Gasteiger partial charge >= 0.3 is 0 Å². The molecule has 1 N–H and O–H groups in total. The third-order valence-electron chi connectivity index (χ3n) is 4.99. The lowest BCUT2D eigenvalue weighted by Gasteiger charge is -2.29. The van der Waals surface area contributed by atoms with E-state index in [1.807, 2.05) is 32.2 Å². The van der Waals surface area contributed by atoms with Crippen molar-refractivity contribution in [2.24, 2.45) is 0 Å². The summed E-state index contributed by atoms with van der Waals surface area (Å²) >= 11 is 0. The van der Waals surface area contributed by atoms with Crippen molar-refractivity contribution >= 4 is 17.0 Å². The van der Waals surface area contributed by atoms with Crippen LogP contribution in [-0.2, 0) is 0 Å². The second-order valence-electron chi connectivity index (χ2n) is 7.02. The Labute approximate surface area is 160 Å². The van der Waals surface area contributed by atoms with Gasteiger partial charge in [-0.25, -0.2) is 9.97 Å². The highest BCUT2D eigenvalue weighted by Crippen LogP contribution is 2.21. The molecule has 28 heavy (non-hydrogen) atoms. The number of nitrogens with zero attached hydrogens (tertiary/aromatic N) is 7. The van der Waals surface area contributed by atoms with E-state index in [1.165, 1.54) is 10.7 Å². The van der Waals surface area contributed by atoms with E-state index in [4.69, 9.17) is 4.98 Å². The fourth-order valence-corrected chi connectivity index (χ4v) is 3.60. The van der Waals surface area contributed by atoms with Gasteiger partial charge in [-0.2, -0.15) is 0 Å². The number of anilines is 1. The van der Waals surface area contributed by atoms with E-state index in [9.17, 15) is 4.79 Å². The zero-order valence-corrected chi connectivity index (χ0v) is 15.8.